The Hall–Kier alpha value is -2.31. The number of carbonyl (C=O) groups is 1. The van der Waals surface area contributed by atoms with Crippen LogP contribution in [-0.2, 0) is 26.9 Å². The second-order valence-electron chi connectivity index (χ2n) is 9.37. The molecule has 1 aliphatic heterocycles. The summed E-state index contributed by atoms with van der Waals surface area (Å²) in [6, 6.07) is 15.2. The van der Waals surface area contributed by atoms with E-state index in [0.29, 0.717) is 6.42 Å². The molecular formula is C25H34BNO4. The molecule has 3 rings (SSSR count). The third-order valence-electron chi connectivity index (χ3n) is 6.36. The van der Waals surface area contributed by atoms with Crippen molar-refractivity contribution < 1.29 is 19.2 Å². The molecule has 1 fully saturated rings. The Morgan fingerprint density at radius 2 is 1.52 bits per heavy atom. The van der Waals surface area contributed by atoms with Crippen molar-refractivity contribution in [1.29, 1.82) is 0 Å². The van der Waals surface area contributed by atoms with Crippen LogP contribution in [0.5, 0.6) is 0 Å². The number of aliphatic carboxylic acids is 1. The average Bonchev–Trinajstić information content (AvgIpc) is 2.94. The first-order chi connectivity index (χ1) is 14.6. The lowest BCUT2D eigenvalue weighted by Gasteiger charge is -2.32. The Labute approximate surface area is 186 Å². The zero-order chi connectivity index (χ0) is 22.6. The minimum absolute atomic E-state index is 0.385. The number of carboxylic acid groups (broad SMARTS) is 1. The number of rotatable bonds is 9. The predicted molar refractivity (Wildman–Crippen MR) is 126 cm³/mol. The maximum absolute atomic E-state index is 11.8. The smallest absolute Gasteiger partial charge is 0.480 e. The van der Waals surface area contributed by atoms with Crippen LogP contribution in [0.3, 0.4) is 0 Å². The summed E-state index contributed by atoms with van der Waals surface area (Å²) >= 11 is 0. The molecule has 0 radical (unpaired) electrons. The van der Waals surface area contributed by atoms with Crippen LogP contribution < -0.4 is 10.8 Å². The van der Waals surface area contributed by atoms with Gasteiger partial charge in [-0.2, -0.15) is 0 Å². The highest BCUT2D eigenvalue weighted by Gasteiger charge is 2.51. The summed E-state index contributed by atoms with van der Waals surface area (Å²) in [7, 11) is -0.418. The lowest BCUT2D eigenvalue weighted by Crippen LogP contribution is -2.41. The topological polar surface area (TPSA) is 67.8 Å². The van der Waals surface area contributed by atoms with E-state index in [2.05, 4.69) is 24.4 Å². The quantitative estimate of drug-likeness (QED) is 0.584. The van der Waals surface area contributed by atoms with E-state index >= 15 is 0 Å². The van der Waals surface area contributed by atoms with Gasteiger partial charge in [0.05, 0.1) is 11.2 Å². The number of nitrogens with one attached hydrogen (secondary N) is 1. The second-order valence-corrected chi connectivity index (χ2v) is 9.37. The van der Waals surface area contributed by atoms with Gasteiger partial charge < -0.3 is 19.7 Å². The summed E-state index contributed by atoms with van der Waals surface area (Å²) in [4.78, 5) is 11.8. The number of unbranched alkanes of at least 4 members (excludes halogenated alkanes) is 1. The van der Waals surface area contributed by atoms with Crippen molar-refractivity contribution in [3.63, 3.8) is 0 Å². The second kappa shape index (κ2) is 9.45. The fourth-order valence-corrected chi connectivity index (χ4v) is 3.58. The minimum Gasteiger partial charge on any atom is -0.480 e. The Balaban J connectivity index is 1.63. The summed E-state index contributed by atoms with van der Waals surface area (Å²) in [5, 5.41) is 12.9. The monoisotopic (exact) mass is 423 g/mol. The molecule has 2 aromatic carbocycles. The highest BCUT2D eigenvalue weighted by molar-refractivity contribution is 6.62. The molecule has 2 aromatic rings. The van der Waals surface area contributed by atoms with Crippen LogP contribution >= 0.6 is 0 Å². The molecule has 1 aliphatic rings. The third-order valence-corrected chi connectivity index (χ3v) is 6.36. The van der Waals surface area contributed by atoms with Crippen LogP contribution in [0.1, 0.15) is 58.6 Å². The largest absolute Gasteiger partial charge is 0.494 e. The molecule has 166 valence electrons. The van der Waals surface area contributed by atoms with Gasteiger partial charge >= 0.3 is 13.1 Å². The number of carboxylic acids is 1. The van der Waals surface area contributed by atoms with Crippen LogP contribution in [0.25, 0.3) is 0 Å². The van der Waals surface area contributed by atoms with Crippen molar-refractivity contribution in [1.82, 2.24) is 0 Å². The number of hydrogen-bond donors (Lipinski definition) is 2. The van der Waals surface area contributed by atoms with Gasteiger partial charge in [0, 0.05) is 12.1 Å². The van der Waals surface area contributed by atoms with Gasteiger partial charge in [0.2, 0.25) is 0 Å². The highest BCUT2D eigenvalue weighted by atomic mass is 16.7. The average molecular weight is 423 g/mol. The molecule has 5 nitrogen and oxygen atoms in total. The van der Waals surface area contributed by atoms with Crippen LogP contribution in [0, 0.1) is 0 Å². The molecule has 1 saturated heterocycles. The van der Waals surface area contributed by atoms with Gasteiger partial charge in [-0.1, -0.05) is 49.7 Å². The molecule has 6 heteroatoms. The van der Waals surface area contributed by atoms with E-state index in [-0.39, 0.29) is 11.2 Å². The van der Waals surface area contributed by atoms with E-state index < -0.39 is 19.1 Å². The lowest BCUT2D eigenvalue weighted by molar-refractivity contribution is -0.137. The third kappa shape index (κ3) is 5.69. The fourth-order valence-electron chi connectivity index (χ4n) is 3.58. The van der Waals surface area contributed by atoms with Crippen LogP contribution in [0.15, 0.2) is 48.5 Å². The van der Waals surface area contributed by atoms with Crippen molar-refractivity contribution in [2.45, 2.75) is 77.5 Å². The zero-order valence-electron chi connectivity index (χ0n) is 19.3. The summed E-state index contributed by atoms with van der Waals surface area (Å²) < 4.78 is 12.2. The van der Waals surface area contributed by atoms with Gasteiger partial charge in [-0.15, -0.1) is 0 Å². The van der Waals surface area contributed by atoms with Crippen molar-refractivity contribution in [2.24, 2.45) is 0 Å². The number of hydrogen-bond acceptors (Lipinski definition) is 4. The highest BCUT2D eigenvalue weighted by Crippen LogP contribution is 2.36. The molecule has 1 atom stereocenters. The Morgan fingerprint density at radius 1 is 0.968 bits per heavy atom. The standard InChI is InChI=1S/C25H34BNO4/c1-6-7-8-18-11-15-21(16-12-18)27-22(23(28)29)17-19-9-13-20(14-10-19)26-30-24(2,3)25(4,5)31-26/h9-16,22,27H,6-8,17H2,1-5H3,(H,28,29)/t22-/m0/s1. The zero-order valence-corrected chi connectivity index (χ0v) is 19.3. The van der Waals surface area contributed by atoms with E-state index in [4.69, 9.17) is 9.31 Å². The molecule has 0 saturated carbocycles. The van der Waals surface area contributed by atoms with E-state index in [1.807, 2.05) is 64.1 Å². The van der Waals surface area contributed by atoms with Gasteiger partial charge in [-0.05, 0) is 69.3 Å². The van der Waals surface area contributed by atoms with E-state index in [0.717, 1.165) is 36.0 Å². The molecular weight excluding hydrogens is 389 g/mol. The molecule has 0 amide bonds. The van der Waals surface area contributed by atoms with Crippen LogP contribution in [-0.4, -0.2) is 35.4 Å². The number of benzene rings is 2. The van der Waals surface area contributed by atoms with Gasteiger partial charge in [-0.25, -0.2) is 4.79 Å². The van der Waals surface area contributed by atoms with Crippen molar-refractivity contribution >= 4 is 24.2 Å². The molecule has 0 aliphatic carbocycles. The van der Waals surface area contributed by atoms with E-state index in [1.54, 1.807) is 0 Å². The summed E-state index contributed by atoms with van der Waals surface area (Å²) in [6.45, 7) is 10.3. The Bertz CT molecular complexity index is 861. The summed E-state index contributed by atoms with van der Waals surface area (Å²) in [5.41, 5.74) is 3.20. The first kappa shape index (κ1) is 23.4. The molecule has 31 heavy (non-hydrogen) atoms. The van der Waals surface area contributed by atoms with Crippen molar-refractivity contribution in [3.05, 3.63) is 59.7 Å². The number of aryl methyl sites for hydroxylation is 1. The lowest BCUT2D eigenvalue weighted by atomic mass is 9.78. The first-order valence-electron chi connectivity index (χ1n) is 11.1. The van der Waals surface area contributed by atoms with E-state index in [9.17, 15) is 9.90 Å². The molecule has 0 bridgehead atoms. The van der Waals surface area contributed by atoms with E-state index in [1.165, 1.54) is 5.56 Å². The SMILES string of the molecule is CCCCc1ccc(N[C@@H](Cc2ccc(B3OC(C)(C)C(C)(C)O3)cc2)C(=O)O)cc1. The minimum atomic E-state index is -0.870. The maximum atomic E-state index is 11.8. The molecule has 2 N–H and O–H groups in total. The summed E-state index contributed by atoms with van der Waals surface area (Å²) in [5.74, 6) is -0.870. The fraction of sp³-hybridized carbons (Fsp3) is 0.480. The van der Waals surface area contributed by atoms with Crippen molar-refractivity contribution in [3.8, 4) is 0 Å². The first-order valence-corrected chi connectivity index (χ1v) is 11.1. The maximum Gasteiger partial charge on any atom is 0.494 e. The molecule has 1 heterocycles. The Morgan fingerprint density at radius 3 is 2.03 bits per heavy atom. The molecule has 0 aromatic heterocycles. The predicted octanol–water partition coefficient (Wildman–Crippen LogP) is 4.44. The normalized spacial score (nSPS) is 18.0. The van der Waals surface area contributed by atoms with Gasteiger partial charge in [0.25, 0.3) is 0 Å². The Kier molecular flexibility index (Phi) is 7.12. The van der Waals surface area contributed by atoms with Gasteiger partial charge in [0.15, 0.2) is 0 Å². The van der Waals surface area contributed by atoms with Crippen molar-refractivity contribution in [2.75, 3.05) is 5.32 Å². The van der Waals surface area contributed by atoms with Crippen LogP contribution in [0.4, 0.5) is 5.69 Å². The summed E-state index contributed by atoms with van der Waals surface area (Å²) in [6.07, 6.45) is 3.76. The van der Waals surface area contributed by atoms with Gasteiger partial charge in [-0.3, -0.25) is 0 Å². The molecule has 0 unspecified atom stereocenters. The number of anilines is 1. The molecule has 0 spiro atoms. The van der Waals surface area contributed by atoms with Gasteiger partial charge in [0.1, 0.15) is 6.04 Å². The van der Waals surface area contributed by atoms with Crippen LogP contribution in [0.2, 0.25) is 0 Å².